The Bertz CT molecular complexity index is 1360. The number of terminal acetylenes is 1. The fourth-order valence-electron chi connectivity index (χ4n) is 3.51. The molecule has 0 aliphatic carbocycles. The van der Waals surface area contributed by atoms with Crippen molar-refractivity contribution in [1.82, 2.24) is 19.5 Å². The maximum atomic E-state index is 13.0. The third-order valence-electron chi connectivity index (χ3n) is 5.04. The third kappa shape index (κ3) is 5.13. The quantitative estimate of drug-likeness (QED) is 0.278. The SMILES string of the molecule is C#CC[C@H](C)n1cnc2cc(C(=O)Nc3ccc(OC(F)(F)Cl)cc3)cc(-c3cncnc3)c21. The van der Waals surface area contributed by atoms with E-state index in [1.165, 1.54) is 30.6 Å². The normalized spacial score (nSPS) is 12.2. The van der Waals surface area contributed by atoms with Gasteiger partial charge in [0.1, 0.15) is 12.1 Å². The van der Waals surface area contributed by atoms with Crippen molar-refractivity contribution in [3.05, 3.63) is 67.0 Å². The fraction of sp³-hybridized carbons (Fsp3) is 0.167. The second-order valence-corrected chi connectivity index (χ2v) is 7.89. The summed E-state index contributed by atoms with van der Waals surface area (Å²) in [7, 11) is 0. The van der Waals surface area contributed by atoms with E-state index < -0.39 is 11.5 Å². The van der Waals surface area contributed by atoms with E-state index in [4.69, 9.17) is 18.0 Å². The first kappa shape index (κ1) is 23.1. The molecule has 34 heavy (non-hydrogen) atoms. The van der Waals surface area contributed by atoms with Crippen LogP contribution in [-0.2, 0) is 0 Å². The van der Waals surface area contributed by atoms with Crippen molar-refractivity contribution < 1.29 is 18.3 Å². The molecule has 1 amide bonds. The topological polar surface area (TPSA) is 81.9 Å². The second kappa shape index (κ2) is 9.45. The van der Waals surface area contributed by atoms with Crippen molar-refractivity contribution in [3.63, 3.8) is 0 Å². The smallest absolute Gasteiger partial charge is 0.420 e. The Kier molecular flexibility index (Phi) is 6.43. The zero-order valence-electron chi connectivity index (χ0n) is 17.9. The fourth-order valence-corrected chi connectivity index (χ4v) is 3.60. The summed E-state index contributed by atoms with van der Waals surface area (Å²) in [5.74, 6) is 2.10. The van der Waals surface area contributed by atoms with Crippen LogP contribution in [0.25, 0.3) is 22.2 Å². The summed E-state index contributed by atoms with van der Waals surface area (Å²) < 4.78 is 31.8. The number of carbonyl (C=O) groups excluding carboxylic acids is 1. The number of hydrogen-bond acceptors (Lipinski definition) is 5. The van der Waals surface area contributed by atoms with Gasteiger partial charge in [0.2, 0.25) is 0 Å². The number of nitrogens with one attached hydrogen (secondary N) is 1. The standard InChI is InChI=1S/C24H18ClF2N5O2/c1-3-4-15(2)32-14-30-21-10-16(9-20(22(21)32)17-11-28-13-29-12-17)23(33)31-18-5-7-19(8-6-18)34-24(25,26)27/h1,5-15H,4H2,2H3,(H,31,33)/t15-/m0/s1. The average Bonchev–Trinajstić information content (AvgIpc) is 3.24. The van der Waals surface area contributed by atoms with Crippen LogP contribution in [0.2, 0.25) is 0 Å². The molecular weight excluding hydrogens is 464 g/mol. The van der Waals surface area contributed by atoms with E-state index in [0.717, 1.165) is 11.1 Å². The highest BCUT2D eigenvalue weighted by Crippen LogP contribution is 2.32. The lowest BCUT2D eigenvalue weighted by atomic mass is 10.0. The van der Waals surface area contributed by atoms with Gasteiger partial charge >= 0.3 is 5.57 Å². The number of alkyl halides is 3. The molecule has 0 bridgehead atoms. The Balaban J connectivity index is 1.69. The molecule has 0 aliphatic rings. The van der Waals surface area contributed by atoms with Crippen LogP contribution in [0.15, 0.2) is 61.4 Å². The van der Waals surface area contributed by atoms with E-state index >= 15 is 0 Å². The lowest BCUT2D eigenvalue weighted by molar-refractivity contribution is -0.0964. The number of ether oxygens (including phenoxy) is 1. The maximum Gasteiger partial charge on any atom is 0.487 e. The first-order valence-electron chi connectivity index (χ1n) is 10.1. The molecule has 2 aromatic carbocycles. The molecule has 0 aliphatic heterocycles. The molecule has 4 rings (SSSR count). The minimum atomic E-state index is -3.82. The minimum Gasteiger partial charge on any atom is -0.420 e. The number of amides is 1. The van der Waals surface area contributed by atoms with Crippen molar-refractivity contribution in [2.75, 3.05) is 5.32 Å². The molecule has 1 N–H and O–H groups in total. The highest BCUT2D eigenvalue weighted by Gasteiger charge is 2.27. The number of nitrogens with zero attached hydrogens (tertiary/aromatic N) is 4. The lowest BCUT2D eigenvalue weighted by Crippen LogP contribution is -2.16. The number of rotatable bonds is 7. The number of aromatic nitrogens is 4. The van der Waals surface area contributed by atoms with Gasteiger partial charge < -0.3 is 14.6 Å². The molecule has 172 valence electrons. The second-order valence-electron chi connectivity index (χ2n) is 7.45. The van der Waals surface area contributed by atoms with Crippen molar-refractivity contribution in [2.45, 2.75) is 25.0 Å². The predicted octanol–water partition coefficient (Wildman–Crippen LogP) is 5.50. The van der Waals surface area contributed by atoms with Crippen LogP contribution in [0, 0.1) is 12.3 Å². The molecule has 0 saturated carbocycles. The van der Waals surface area contributed by atoms with Crippen LogP contribution in [0.3, 0.4) is 0 Å². The number of imidazole rings is 1. The number of fused-ring (bicyclic) bond motifs is 1. The molecule has 0 saturated heterocycles. The van der Waals surface area contributed by atoms with Gasteiger partial charge in [0.05, 0.1) is 17.4 Å². The Morgan fingerprint density at radius 1 is 1.26 bits per heavy atom. The Morgan fingerprint density at radius 2 is 1.97 bits per heavy atom. The van der Waals surface area contributed by atoms with Gasteiger partial charge in [0.25, 0.3) is 5.91 Å². The van der Waals surface area contributed by atoms with Gasteiger partial charge in [-0.2, -0.15) is 0 Å². The summed E-state index contributed by atoms with van der Waals surface area (Å²) >= 11 is 4.77. The molecule has 0 unspecified atom stereocenters. The monoisotopic (exact) mass is 481 g/mol. The summed E-state index contributed by atoms with van der Waals surface area (Å²) in [4.78, 5) is 25.7. The van der Waals surface area contributed by atoms with E-state index in [9.17, 15) is 13.6 Å². The number of anilines is 1. The van der Waals surface area contributed by atoms with E-state index in [1.807, 2.05) is 11.5 Å². The van der Waals surface area contributed by atoms with E-state index in [1.54, 1.807) is 30.9 Å². The summed E-state index contributed by atoms with van der Waals surface area (Å²) in [6.07, 6.45) is 12.4. The Morgan fingerprint density at radius 3 is 2.62 bits per heavy atom. The van der Waals surface area contributed by atoms with Crippen LogP contribution < -0.4 is 10.1 Å². The van der Waals surface area contributed by atoms with Gasteiger partial charge in [-0.25, -0.2) is 15.0 Å². The largest absolute Gasteiger partial charge is 0.487 e. The van der Waals surface area contributed by atoms with E-state index in [0.29, 0.717) is 28.8 Å². The van der Waals surface area contributed by atoms with Crippen molar-refractivity contribution in [2.24, 2.45) is 0 Å². The zero-order valence-corrected chi connectivity index (χ0v) is 18.6. The Labute approximate surface area is 198 Å². The number of halogens is 3. The lowest BCUT2D eigenvalue weighted by Gasteiger charge is -2.15. The molecule has 10 heteroatoms. The molecular formula is C24H18ClF2N5O2. The van der Waals surface area contributed by atoms with E-state index in [-0.39, 0.29) is 11.8 Å². The van der Waals surface area contributed by atoms with Crippen molar-refractivity contribution in [1.29, 1.82) is 0 Å². The first-order chi connectivity index (χ1) is 16.2. The molecule has 7 nitrogen and oxygen atoms in total. The van der Waals surface area contributed by atoms with Gasteiger partial charge in [0, 0.05) is 58.8 Å². The molecule has 2 aromatic heterocycles. The van der Waals surface area contributed by atoms with Gasteiger partial charge in [-0.05, 0) is 43.3 Å². The predicted molar refractivity (Wildman–Crippen MR) is 125 cm³/mol. The first-order valence-corrected chi connectivity index (χ1v) is 10.5. The molecule has 2 heterocycles. The van der Waals surface area contributed by atoms with Gasteiger partial charge in [-0.15, -0.1) is 21.1 Å². The summed E-state index contributed by atoms with van der Waals surface area (Å²) in [5.41, 5.74) is -0.264. The van der Waals surface area contributed by atoms with Crippen molar-refractivity contribution >= 4 is 34.2 Å². The van der Waals surface area contributed by atoms with Crippen LogP contribution in [0.5, 0.6) is 5.75 Å². The van der Waals surface area contributed by atoms with Gasteiger partial charge in [0.15, 0.2) is 0 Å². The van der Waals surface area contributed by atoms with Crippen LogP contribution in [-0.4, -0.2) is 31.0 Å². The molecule has 0 radical (unpaired) electrons. The maximum absolute atomic E-state index is 13.0. The number of carbonyl (C=O) groups is 1. The third-order valence-corrected chi connectivity index (χ3v) is 5.11. The molecule has 4 aromatic rings. The summed E-state index contributed by atoms with van der Waals surface area (Å²) in [5, 5.41) is 2.73. The molecule has 1 atom stereocenters. The Hall–Kier alpha value is -4.03. The number of hydrogen-bond donors (Lipinski definition) is 1. The summed E-state index contributed by atoms with van der Waals surface area (Å²) in [6, 6.07) is 8.78. The van der Waals surface area contributed by atoms with Crippen LogP contribution in [0.1, 0.15) is 29.7 Å². The number of benzene rings is 2. The highest BCUT2D eigenvalue weighted by atomic mass is 35.5. The minimum absolute atomic E-state index is 0.0147. The van der Waals surface area contributed by atoms with Gasteiger partial charge in [-0.3, -0.25) is 4.79 Å². The average molecular weight is 482 g/mol. The molecule has 0 spiro atoms. The molecule has 0 fully saturated rings. The highest BCUT2D eigenvalue weighted by molar-refractivity contribution is 6.20. The van der Waals surface area contributed by atoms with Crippen LogP contribution in [0.4, 0.5) is 14.5 Å². The van der Waals surface area contributed by atoms with Gasteiger partial charge in [-0.1, -0.05) is 0 Å². The van der Waals surface area contributed by atoms with Crippen LogP contribution >= 0.6 is 11.6 Å². The summed E-state index contributed by atoms with van der Waals surface area (Å²) in [6.45, 7) is 1.99. The van der Waals surface area contributed by atoms with Crippen molar-refractivity contribution in [3.8, 4) is 29.2 Å². The zero-order chi connectivity index (χ0) is 24.3. The van der Waals surface area contributed by atoms with E-state index in [2.05, 4.69) is 30.9 Å².